The van der Waals surface area contributed by atoms with E-state index in [-0.39, 0.29) is 22.8 Å². The third kappa shape index (κ3) is 2.68. The zero-order chi connectivity index (χ0) is 17.5. The minimum absolute atomic E-state index is 0.106. The van der Waals surface area contributed by atoms with E-state index in [9.17, 15) is 24.5 Å². The monoisotopic (exact) mass is 333 g/mol. The molecule has 24 heavy (non-hydrogen) atoms. The lowest BCUT2D eigenvalue weighted by Crippen LogP contribution is -2.44. The third-order valence-electron chi connectivity index (χ3n) is 4.84. The van der Waals surface area contributed by atoms with Gasteiger partial charge in [0, 0.05) is 18.1 Å². The molecule has 1 atom stereocenters. The first-order valence-corrected chi connectivity index (χ1v) is 7.46. The van der Waals surface area contributed by atoms with Crippen LogP contribution < -0.4 is 10.9 Å². The van der Waals surface area contributed by atoms with E-state index < -0.39 is 28.1 Å². The van der Waals surface area contributed by atoms with Crippen LogP contribution in [0.2, 0.25) is 0 Å². The Balaban J connectivity index is 1.67. The normalized spacial score (nSPS) is 19.9. The van der Waals surface area contributed by atoms with Crippen molar-refractivity contribution in [3.05, 3.63) is 39.4 Å². The van der Waals surface area contributed by atoms with E-state index in [1.54, 1.807) is 0 Å². The number of nitrogens with one attached hydrogen (secondary N) is 2. The van der Waals surface area contributed by atoms with Crippen LogP contribution in [0, 0.1) is 21.4 Å². The smallest absolute Gasteiger partial charge is 0.336 e. The molecule has 126 valence electrons. The van der Waals surface area contributed by atoms with Gasteiger partial charge < -0.3 is 5.11 Å². The highest BCUT2D eigenvalue weighted by Gasteiger charge is 2.60. The van der Waals surface area contributed by atoms with Crippen molar-refractivity contribution >= 4 is 23.5 Å². The zero-order valence-electron chi connectivity index (χ0n) is 12.6. The Morgan fingerprint density at radius 2 is 1.92 bits per heavy atom. The van der Waals surface area contributed by atoms with Crippen LogP contribution in [0.25, 0.3) is 0 Å². The average Bonchev–Trinajstić information content (AvgIpc) is 3.27. The number of carboxylic acids is 1. The van der Waals surface area contributed by atoms with Crippen LogP contribution >= 0.6 is 0 Å². The van der Waals surface area contributed by atoms with Gasteiger partial charge in [-0.3, -0.25) is 30.6 Å². The Bertz CT molecular complexity index is 756. The first kappa shape index (κ1) is 15.9. The topological polar surface area (TPSA) is 139 Å². The van der Waals surface area contributed by atoms with Crippen LogP contribution in [0.3, 0.4) is 0 Å². The highest BCUT2D eigenvalue weighted by molar-refractivity contribution is 6.05. The lowest BCUT2D eigenvalue weighted by molar-refractivity contribution is -0.384. The van der Waals surface area contributed by atoms with Gasteiger partial charge in [0.2, 0.25) is 5.91 Å². The lowest BCUT2D eigenvalue weighted by Gasteiger charge is -2.26. The fourth-order valence-electron chi connectivity index (χ4n) is 3.20. The van der Waals surface area contributed by atoms with Crippen molar-refractivity contribution in [3.63, 3.8) is 0 Å². The molecule has 0 radical (unpaired) electrons. The summed E-state index contributed by atoms with van der Waals surface area (Å²) < 4.78 is 0. The van der Waals surface area contributed by atoms with Gasteiger partial charge in [-0.2, -0.15) is 0 Å². The van der Waals surface area contributed by atoms with Crippen LogP contribution in [0.1, 0.15) is 46.4 Å². The Labute approximate surface area is 136 Å². The second kappa shape index (κ2) is 5.59. The minimum Gasteiger partial charge on any atom is -0.478 e. The molecule has 0 heterocycles. The van der Waals surface area contributed by atoms with Crippen LogP contribution in [0.15, 0.2) is 18.2 Å². The third-order valence-corrected chi connectivity index (χ3v) is 4.84. The number of hydrogen-bond acceptors (Lipinski definition) is 5. The quantitative estimate of drug-likeness (QED) is 0.560. The van der Waals surface area contributed by atoms with Crippen molar-refractivity contribution < 1.29 is 24.4 Å². The summed E-state index contributed by atoms with van der Waals surface area (Å²) in [7, 11) is 0. The van der Waals surface area contributed by atoms with Crippen molar-refractivity contribution in [1.82, 2.24) is 10.9 Å². The summed E-state index contributed by atoms with van der Waals surface area (Å²) in [5.74, 6) is -2.70. The minimum atomic E-state index is -1.47. The number of nitro benzene ring substituents is 1. The molecule has 2 aliphatic rings. The standard InChI is InChI=1S/C15H15N3O6/c19-12(16-17-13(20)11-7-15(11)4-1-5-15)9-3-2-8(18(23)24)6-10(9)14(21)22/h2-3,6,11H,1,4-5,7H2,(H,16,19)(H,17,20)(H,21,22)/t11-/m0/s1. The molecule has 1 aromatic rings. The van der Waals surface area contributed by atoms with E-state index in [0.717, 1.165) is 43.9 Å². The molecule has 2 saturated carbocycles. The van der Waals surface area contributed by atoms with E-state index in [1.165, 1.54) is 0 Å². The molecule has 9 heteroatoms. The summed E-state index contributed by atoms with van der Waals surface area (Å²) >= 11 is 0. The van der Waals surface area contributed by atoms with Crippen LogP contribution in [0.4, 0.5) is 5.69 Å². The fourth-order valence-corrected chi connectivity index (χ4v) is 3.20. The first-order chi connectivity index (χ1) is 11.3. The van der Waals surface area contributed by atoms with Gasteiger partial charge in [-0.15, -0.1) is 0 Å². The Hall–Kier alpha value is -2.97. The number of carbonyl (C=O) groups excluding carboxylic acids is 2. The van der Waals surface area contributed by atoms with Gasteiger partial charge in [-0.1, -0.05) is 6.42 Å². The van der Waals surface area contributed by atoms with Crippen LogP contribution in [-0.4, -0.2) is 27.8 Å². The highest BCUT2D eigenvalue weighted by Crippen LogP contribution is 2.65. The molecule has 0 aliphatic heterocycles. The highest BCUT2D eigenvalue weighted by atomic mass is 16.6. The molecule has 1 aromatic carbocycles. The molecule has 2 aliphatic carbocycles. The number of hydrazine groups is 1. The molecular formula is C15H15N3O6. The van der Waals surface area contributed by atoms with Crippen LogP contribution in [-0.2, 0) is 4.79 Å². The number of aromatic carboxylic acids is 1. The van der Waals surface area contributed by atoms with E-state index in [2.05, 4.69) is 10.9 Å². The molecule has 0 unspecified atom stereocenters. The molecule has 3 rings (SSSR count). The molecular weight excluding hydrogens is 318 g/mol. The van der Waals surface area contributed by atoms with Crippen LogP contribution in [0.5, 0.6) is 0 Å². The summed E-state index contributed by atoms with van der Waals surface area (Å²) in [6.45, 7) is 0. The van der Waals surface area contributed by atoms with Gasteiger partial charge in [0.25, 0.3) is 11.6 Å². The molecule has 0 aromatic heterocycles. The fraction of sp³-hybridized carbons (Fsp3) is 0.400. The molecule has 2 fully saturated rings. The predicted molar refractivity (Wildman–Crippen MR) is 80.1 cm³/mol. The van der Waals surface area contributed by atoms with Crippen molar-refractivity contribution in [2.24, 2.45) is 11.3 Å². The van der Waals surface area contributed by atoms with Crippen molar-refractivity contribution in [3.8, 4) is 0 Å². The van der Waals surface area contributed by atoms with E-state index in [4.69, 9.17) is 5.11 Å². The zero-order valence-corrected chi connectivity index (χ0v) is 12.6. The van der Waals surface area contributed by atoms with Gasteiger partial charge in [0.05, 0.1) is 16.1 Å². The summed E-state index contributed by atoms with van der Waals surface area (Å²) in [5.41, 5.74) is 3.39. The number of carboxylic acid groups (broad SMARTS) is 1. The van der Waals surface area contributed by atoms with Crippen molar-refractivity contribution in [1.29, 1.82) is 0 Å². The predicted octanol–water partition coefficient (Wildman–Crippen LogP) is 1.24. The van der Waals surface area contributed by atoms with Crippen molar-refractivity contribution in [2.75, 3.05) is 0 Å². The SMILES string of the molecule is O=C(O)c1cc([N+](=O)[O-])ccc1C(=O)NNC(=O)[C@@H]1CC12CCC2. The largest absolute Gasteiger partial charge is 0.478 e. The Morgan fingerprint density at radius 1 is 1.21 bits per heavy atom. The second-order valence-corrected chi connectivity index (χ2v) is 6.21. The second-order valence-electron chi connectivity index (χ2n) is 6.21. The summed E-state index contributed by atoms with van der Waals surface area (Å²) in [4.78, 5) is 45.2. The Morgan fingerprint density at radius 3 is 2.42 bits per heavy atom. The number of benzene rings is 1. The maximum atomic E-state index is 12.1. The Kier molecular flexibility index (Phi) is 3.70. The number of non-ortho nitro benzene ring substituents is 1. The molecule has 9 nitrogen and oxygen atoms in total. The molecule has 0 bridgehead atoms. The number of carbonyl (C=O) groups is 3. The molecule has 3 N–H and O–H groups in total. The number of rotatable bonds is 4. The molecule has 1 spiro atoms. The van der Waals surface area contributed by atoms with E-state index in [0.29, 0.717) is 0 Å². The molecule has 2 amide bonds. The first-order valence-electron chi connectivity index (χ1n) is 7.46. The summed E-state index contributed by atoms with van der Waals surface area (Å²) in [6, 6.07) is 2.89. The maximum Gasteiger partial charge on any atom is 0.336 e. The molecule has 0 saturated heterocycles. The van der Waals surface area contributed by atoms with Gasteiger partial charge >= 0.3 is 5.97 Å². The number of nitro groups is 1. The number of amides is 2. The van der Waals surface area contributed by atoms with Gasteiger partial charge in [-0.05, 0) is 30.7 Å². The van der Waals surface area contributed by atoms with Gasteiger partial charge in [0.1, 0.15) is 0 Å². The number of hydrogen-bond donors (Lipinski definition) is 3. The summed E-state index contributed by atoms with van der Waals surface area (Å²) in [6.07, 6.45) is 3.96. The average molecular weight is 333 g/mol. The van der Waals surface area contributed by atoms with Gasteiger partial charge in [0.15, 0.2) is 0 Å². The van der Waals surface area contributed by atoms with Crippen molar-refractivity contribution in [2.45, 2.75) is 25.7 Å². The number of nitrogens with zero attached hydrogens (tertiary/aromatic N) is 1. The van der Waals surface area contributed by atoms with E-state index in [1.807, 2.05) is 0 Å². The maximum absolute atomic E-state index is 12.1. The summed E-state index contributed by atoms with van der Waals surface area (Å²) in [5, 5.41) is 19.8. The lowest BCUT2D eigenvalue weighted by atomic mass is 9.80. The van der Waals surface area contributed by atoms with Gasteiger partial charge in [-0.25, -0.2) is 4.79 Å². The van der Waals surface area contributed by atoms with E-state index >= 15 is 0 Å².